The van der Waals surface area contributed by atoms with Crippen molar-refractivity contribution in [2.45, 2.75) is 32.2 Å². The van der Waals surface area contributed by atoms with Crippen molar-refractivity contribution < 1.29 is 4.74 Å². The summed E-state index contributed by atoms with van der Waals surface area (Å²) in [7, 11) is 0. The molecule has 17 heavy (non-hydrogen) atoms. The van der Waals surface area contributed by atoms with Crippen molar-refractivity contribution in [1.82, 2.24) is 5.43 Å². The zero-order valence-corrected chi connectivity index (χ0v) is 10.5. The fourth-order valence-electron chi connectivity index (χ4n) is 2.55. The van der Waals surface area contributed by atoms with Gasteiger partial charge in [0, 0.05) is 12.5 Å². The number of hydrogen-bond donors (Lipinski definition) is 2. The lowest BCUT2D eigenvalue weighted by molar-refractivity contribution is 0.177. The standard InChI is InChI=1S/C14H22N2O/c1-2-4-11-5-3-6-12(9-11)14(16-15)13-7-8-17-10-13/h3,5-6,9,13-14,16H,2,4,7-8,10,15H2,1H3. The Balaban J connectivity index is 2.14. The van der Waals surface area contributed by atoms with Crippen LogP contribution in [-0.4, -0.2) is 13.2 Å². The molecule has 0 saturated carbocycles. The number of hydrogen-bond acceptors (Lipinski definition) is 3. The highest BCUT2D eigenvalue weighted by atomic mass is 16.5. The van der Waals surface area contributed by atoms with E-state index in [0.717, 1.165) is 26.1 Å². The second-order valence-corrected chi connectivity index (χ2v) is 4.76. The third-order valence-electron chi connectivity index (χ3n) is 3.46. The number of nitrogens with one attached hydrogen (secondary N) is 1. The van der Waals surface area contributed by atoms with E-state index in [0.29, 0.717) is 5.92 Å². The first-order valence-electron chi connectivity index (χ1n) is 6.48. The van der Waals surface area contributed by atoms with Gasteiger partial charge in [0.05, 0.1) is 12.6 Å². The van der Waals surface area contributed by atoms with Gasteiger partial charge >= 0.3 is 0 Å². The third kappa shape index (κ3) is 3.06. The van der Waals surface area contributed by atoms with Gasteiger partial charge in [-0.1, -0.05) is 37.6 Å². The lowest BCUT2D eigenvalue weighted by Gasteiger charge is -2.22. The molecule has 0 spiro atoms. The molecule has 3 nitrogen and oxygen atoms in total. The third-order valence-corrected chi connectivity index (χ3v) is 3.46. The first-order valence-corrected chi connectivity index (χ1v) is 6.48. The summed E-state index contributed by atoms with van der Waals surface area (Å²) in [6, 6.07) is 8.95. The Bertz CT molecular complexity index is 348. The average molecular weight is 234 g/mol. The second-order valence-electron chi connectivity index (χ2n) is 4.76. The molecule has 1 saturated heterocycles. The summed E-state index contributed by atoms with van der Waals surface area (Å²) in [6.45, 7) is 3.88. The van der Waals surface area contributed by atoms with Crippen LogP contribution >= 0.6 is 0 Å². The van der Waals surface area contributed by atoms with Crippen LogP contribution < -0.4 is 11.3 Å². The number of nitrogens with two attached hydrogens (primary N) is 1. The van der Waals surface area contributed by atoms with E-state index in [9.17, 15) is 0 Å². The van der Waals surface area contributed by atoms with Crippen molar-refractivity contribution in [3.8, 4) is 0 Å². The SMILES string of the molecule is CCCc1cccc(C(NN)C2CCOC2)c1. The van der Waals surface area contributed by atoms with Crippen LogP contribution in [0.3, 0.4) is 0 Å². The Morgan fingerprint density at radius 3 is 3.06 bits per heavy atom. The Kier molecular flexibility index (Phi) is 4.54. The Labute approximate surface area is 103 Å². The van der Waals surface area contributed by atoms with Crippen LogP contribution in [0.25, 0.3) is 0 Å². The molecule has 1 aliphatic rings. The van der Waals surface area contributed by atoms with Crippen molar-refractivity contribution in [3.05, 3.63) is 35.4 Å². The predicted octanol–water partition coefficient (Wildman–Crippen LogP) is 2.18. The molecule has 1 heterocycles. The molecule has 1 aromatic rings. The molecule has 3 heteroatoms. The quantitative estimate of drug-likeness (QED) is 0.606. The van der Waals surface area contributed by atoms with Crippen LogP contribution in [-0.2, 0) is 11.2 Å². The predicted molar refractivity (Wildman–Crippen MR) is 69.4 cm³/mol. The van der Waals surface area contributed by atoms with Gasteiger partial charge in [-0.05, 0) is 24.0 Å². The summed E-state index contributed by atoms with van der Waals surface area (Å²) in [5.74, 6) is 6.20. The van der Waals surface area contributed by atoms with Gasteiger partial charge in [-0.15, -0.1) is 0 Å². The number of rotatable bonds is 5. The van der Waals surface area contributed by atoms with Crippen molar-refractivity contribution >= 4 is 0 Å². The molecular formula is C14H22N2O. The summed E-state index contributed by atoms with van der Waals surface area (Å²) >= 11 is 0. The van der Waals surface area contributed by atoms with E-state index >= 15 is 0 Å². The van der Waals surface area contributed by atoms with Crippen molar-refractivity contribution in [1.29, 1.82) is 0 Å². The van der Waals surface area contributed by atoms with E-state index in [1.54, 1.807) is 0 Å². The molecule has 2 rings (SSSR count). The van der Waals surface area contributed by atoms with Crippen LogP contribution in [0.15, 0.2) is 24.3 Å². The molecule has 2 unspecified atom stereocenters. The number of hydrazine groups is 1. The van der Waals surface area contributed by atoms with E-state index in [4.69, 9.17) is 10.6 Å². The van der Waals surface area contributed by atoms with Crippen LogP contribution in [0.2, 0.25) is 0 Å². The summed E-state index contributed by atoms with van der Waals surface area (Å²) in [5, 5.41) is 0. The maximum atomic E-state index is 5.70. The highest BCUT2D eigenvalue weighted by Crippen LogP contribution is 2.28. The summed E-state index contributed by atoms with van der Waals surface area (Å²) in [4.78, 5) is 0. The molecule has 0 aliphatic carbocycles. The van der Waals surface area contributed by atoms with E-state index in [1.807, 2.05) is 0 Å². The summed E-state index contributed by atoms with van der Waals surface area (Å²) in [6.07, 6.45) is 3.40. The van der Waals surface area contributed by atoms with Gasteiger partial charge in [0.25, 0.3) is 0 Å². The first kappa shape index (κ1) is 12.6. The molecule has 1 fully saturated rings. The maximum Gasteiger partial charge on any atom is 0.0513 e. The lowest BCUT2D eigenvalue weighted by atomic mass is 9.91. The van der Waals surface area contributed by atoms with Crippen molar-refractivity contribution in [3.63, 3.8) is 0 Å². The van der Waals surface area contributed by atoms with Gasteiger partial charge in [-0.25, -0.2) is 0 Å². The van der Waals surface area contributed by atoms with E-state index in [1.165, 1.54) is 17.5 Å². The Morgan fingerprint density at radius 2 is 2.41 bits per heavy atom. The topological polar surface area (TPSA) is 47.3 Å². The van der Waals surface area contributed by atoms with E-state index < -0.39 is 0 Å². The summed E-state index contributed by atoms with van der Waals surface area (Å²) in [5.41, 5.74) is 5.63. The first-order chi connectivity index (χ1) is 8.35. The van der Waals surface area contributed by atoms with Crippen molar-refractivity contribution in [2.24, 2.45) is 11.8 Å². The molecular weight excluding hydrogens is 212 g/mol. The van der Waals surface area contributed by atoms with Gasteiger partial charge < -0.3 is 4.74 Å². The minimum absolute atomic E-state index is 0.217. The number of benzene rings is 1. The van der Waals surface area contributed by atoms with E-state index in [2.05, 4.69) is 36.6 Å². The molecule has 0 amide bonds. The van der Waals surface area contributed by atoms with Gasteiger partial charge in [-0.2, -0.15) is 0 Å². The molecule has 0 aromatic heterocycles. The second kappa shape index (κ2) is 6.15. The van der Waals surface area contributed by atoms with Crippen LogP contribution in [0.4, 0.5) is 0 Å². The van der Waals surface area contributed by atoms with Gasteiger partial charge in [0.2, 0.25) is 0 Å². The maximum absolute atomic E-state index is 5.70. The van der Waals surface area contributed by atoms with Gasteiger partial charge in [-0.3, -0.25) is 11.3 Å². The fourth-order valence-corrected chi connectivity index (χ4v) is 2.55. The number of ether oxygens (including phenoxy) is 1. The molecule has 2 atom stereocenters. The molecule has 1 aliphatic heterocycles. The van der Waals surface area contributed by atoms with Crippen LogP contribution in [0, 0.1) is 5.92 Å². The zero-order chi connectivity index (χ0) is 12.1. The molecule has 0 radical (unpaired) electrons. The highest BCUT2D eigenvalue weighted by molar-refractivity contribution is 5.26. The Morgan fingerprint density at radius 1 is 1.53 bits per heavy atom. The zero-order valence-electron chi connectivity index (χ0n) is 10.5. The minimum atomic E-state index is 0.217. The minimum Gasteiger partial charge on any atom is -0.381 e. The largest absolute Gasteiger partial charge is 0.381 e. The summed E-state index contributed by atoms with van der Waals surface area (Å²) < 4.78 is 5.44. The smallest absolute Gasteiger partial charge is 0.0513 e. The molecule has 94 valence electrons. The number of aryl methyl sites for hydroxylation is 1. The normalized spacial score (nSPS) is 21.6. The average Bonchev–Trinajstić information content (AvgIpc) is 2.85. The van der Waals surface area contributed by atoms with E-state index in [-0.39, 0.29) is 6.04 Å². The highest BCUT2D eigenvalue weighted by Gasteiger charge is 2.26. The molecule has 1 aromatic carbocycles. The molecule has 3 N–H and O–H groups in total. The van der Waals surface area contributed by atoms with Crippen molar-refractivity contribution in [2.75, 3.05) is 13.2 Å². The monoisotopic (exact) mass is 234 g/mol. The fraction of sp³-hybridized carbons (Fsp3) is 0.571. The lowest BCUT2D eigenvalue weighted by Crippen LogP contribution is -2.33. The van der Waals surface area contributed by atoms with Crippen LogP contribution in [0.5, 0.6) is 0 Å². The Hall–Kier alpha value is -0.900. The van der Waals surface area contributed by atoms with Crippen LogP contribution in [0.1, 0.15) is 36.9 Å². The molecule has 0 bridgehead atoms. The van der Waals surface area contributed by atoms with Gasteiger partial charge in [0.1, 0.15) is 0 Å². The van der Waals surface area contributed by atoms with Gasteiger partial charge in [0.15, 0.2) is 0 Å².